The normalized spacial score (nSPS) is 10.8. The first-order chi connectivity index (χ1) is 9.06. The second-order valence-corrected chi connectivity index (χ2v) is 4.09. The Bertz CT molecular complexity index is 639. The number of benzene rings is 2. The first kappa shape index (κ1) is 13.0. The van der Waals surface area contributed by atoms with Gasteiger partial charge in [-0.15, -0.1) is 0 Å². The van der Waals surface area contributed by atoms with Gasteiger partial charge in [0.2, 0.25) is 0 Å². The summed E-state index contributed by atoms with van der Waals surface area (Å²) in [6, 6.07) is 10.5. The van der Waals surface area contributed by atoms with Crippen LogP contribution in [-0.4, -0.2) is 16.2 Å². The number of aromatic hydroxyl groups is 1. The highest BCUT2D eigenvalue weighted by molar-refractivity contribution is 6.32. The van der Waals surface area contributed by atoms with Gasteiger partial charge in [-0.3, -0.25) is 0 Å². The number of phenols is 1. The van der Waals surface area contributed by atoms with E-state index in [1.165, 1.54) is 24.3 Å². The van der Waals surface area contributed by atoms with Crippen LogP contribution >= 0.6 is 11.6 Å². The molecule has 0 saturated heterocycles. The van der Waals surface area contributed by atoms with Crippen molar-refractivity contribution in [3.05, 3.63) is 53.1 Å². The maximum atomic E-state index is 10.7. The van der Waals surface area contributed by atoms with E-state index in [0.717, 1.165) is 0 Å². The van der Waals surface area contributed by atoms with Gasteiger partial charge in [-0.25, -0.2) is 4.79 Å². The third-order valence-electron chi connectivity index (χ3n) is 2.33. The van der Waals surface area contributed by atoms with Crippen molar-refractivity contribution in [2.24, 2.45) is 10.2 Å². The first-order valence-corrected chi connectivity index (χ1v) is 5.67. The molecule has 0 saturated carbocycles. The molecule has 6 heteroatoms. The predicted molar refractivity (Wildman–Crippen MR) is 70.7 cm³/mol. The van der Waals surface area contributed by atoms with Crippen LogP contribution < -0.4 is 0 Å². The van der Waals surface area contributed by atoms with Crippen LogP contribution in [0.4, 0.5) is 11.4 Å². The molecule has 19 heavy (non-hydrogen) atoms. The fourth-order valence-corrected chi connectivity index (χ4v) is 1.52. The van der Waals surface area contributed by atoms with E-state index < -0.39 is 5.97 Å². The summed E-state index contributed by atoms with van der Waals surface area (Å²) in [6.07, 6.45) is 0. The molecule has 0 unspecified atom stereocenters. The zero-order valence-corrected chi connectivity index (χ0v) is 10.4. The van der Waals surface area contributed by atoms with E-state index in [9.17, 15) is 9.90 Å². The lowest BCUT2D eigenvalue weighted by Gasteiger charge is -1.97. The molecule has 0 aliphatic heterocycles. The molecule has 2 N–H and O–H groups in total. The number of carboxylic acids is 1. The van der Waals surface area contributed by atoms with Gasteiger partial charge in [0.25, 0.3) is 0 Å². The molecule has 2 aromatic rings. The van der Waals surface area contributed by atoms with Gasteiger partial charge < -0.3 is 10.2 Å². The topological polar surface area (TPSA) is 82.2 Å². The van der Waals surface area contributed by atoms with Crippen molar-refractivity contribution in [3.8, 4) is 5.75 Å². The molecule has 2 aromatic carbocycles. The van der Waals surface area contributed by atoms with Gasteiger partial charge in [-0.1, -0.05) is 11.6 Å². The fourth-order valence-electron chi connectivity index (χ4n) is 1.34. The number of hydrogen-bond donors (Lipinski definition) is 2. The van der Waals surface area contributed by atoms with Crippen molar-refractivity contribution in [1.82, 2.24) is 0 Å². The van der Waals surface area contributed by atoms with Crippen molar-refractivity contribution in [1.29, 1.82) is 0 Å². The third kappa shape index (κ3) is 3.29. The number of hydrogen-bond acceptors (Lipinski definition) is 4. The summed E-state index contributed by atoms with van der Waals surface area (Å²) >= 11 is 5.73. The highest BCUT2D eigenvalue weighted by Gasteiger charge is 2.01. The number of carboxylic acid groups (broad SMARTS) is 1. The lowest BCUT2D eigenvalue weighted by Crippen LogP contribution is -1.93. The van der Waals surface area contributed by atoms with Crippen molar-refractivity contribution in [3.63, 3.8) is 0 Å². The second kappa shape index (κ2) is 5.49. The number of azo groups is 1. The minimum absolute atomic E-state index is 0.0218. The molecular formula is C13H9ClN2O3. The van der Waals surface area contributed by atoms with Gasteiger partial charge in [0, 0.05) is 0 Å². The average molecular weight is 277 g/mol. The lowest BCUT2D eigenvalue weighted by molar-refractivity contribution is 0.0697. The van der Waals surface area contributed by atoms with E-state index >= 15 is 0 Å². The quantitative estimate of drug-likeness (QED) is 0.826. The number of phenolic OH excluding ortho intramolecular Hbond substituents is 1. The molecule has 2 rings (SSSR count). The minimum Gasteiger partial charge on any atom is -0.506 e. The summed E-state index contributed by atoms with van der Waals surface area (Å²) in [6.45, 7) is 0. The second-order valence-electron chi connectivity index (χ2n) is 3.69. The Morgan fingerprint density at radius 1 is 1.00 bits per heavy atom. The van der Waals surface area contributed by atoms with Crippen LogP contribution in [0, 0.1) is 0 Å². The molecule has 0 heterocycles. The number of nitrogens with zero attached hydrogens (tertiary/aromatic N) is 2. The molecule has 0 amide bonds. The summed E-state index contributed by atoms with van der Waals surface area (Å²) in [7, 11) is 0. The van der Waals surface area contributed by atoms with E-state index in [1.54, 1.807) is 18.2 Å². The van der Waals surface area contributed by atoms with Crippen molar-refractivity contribution >= 4 is 28.9 Å². The van der Waals surface area contributed by atoms with Gasteiger partial charge in [-0.2, -0.15) is 10.2 Å². The predicted octanol–water partition coefficient (Wildman–Crippen LogP) is 4.16. The molecule has 0 atom stereocenters. The number of carbonyl (C=O) groups is 1. The molecule has 5 nitrogen and oxygen atoms in total. The van der Waals surface area contributed by atoms with Crippen LogP contribution in [0.1, 0.15) is 10.4 Å². The molecule has 0 aliphatic carbocycles. The van der Waals surface area contributed by atoms with Crippen molar-refractivity contribution in [2.45, 2.75) is 0 Å². The Hall–Kier alpha value is -2.40. The van der Waals surface area contributed by atoms with Gasteiger partial charge >= 0.3 is 5.97 Å². The maximum absolute atomic E-state index is 10.7. The van der Waals surface area contributed by atoms with Crippen LogP contribution in [0.2, 0.25) is 5.02 Å². The maximum Gasteiger partial charge on any atom is 0.335 e. The average Bonchev–Trinajstić information content (AvgIpc) is 2.40. The van der Waals surface area contributed by atoms with E-state index in [0.29, 0.717) is 11.4 Å². The molecular weight excluding hydrogens is 268 g/mol. The van der Waals surface area contributed by atoms with E-state index in [2.05, 4.69) is 10.2 Å². The highest BCUT2D eigenvalue weighted by Crippen LogP contribution is 2.28. The molecule has 0 spiro atoms. The first-order valence-electron chi connectivity index (χ1n) is 5.30. The van der Waals surface area contributed by atoms with Gasteiger partial charge in [0.05, 0.1) is 22.0 Å². The van der Waals surface area contributed by atoms with Crippen LogP contribution in [0.25, 0.3) is 0 Å². The van der Waals surface area contributed by atoms with E-state index in [4.69, 9.17) is 16.7 Å². The third-order valence-corrected chi connectivity index (χ3v) is 2.63. The summed E-state index contributed by atoms with van der Waals surface area (Å²) in [4.78, 5) is 10.7. The Balaban J connectivity index is 2.17. The zero-order chi connectivity index (χ0) is 13.8. The SMILES string of the molecule is O=C(O)c1ccc(N=Nc2ccc(O)c(Cl)c2)cc1. The van der Waals surface area contributed by atoms with Crippen LogP contribution in [0.3, 0.4) is 0 Å². The molecule has 0 radical (unpaired) electrons. The Kier molecular flexibility index (Phi) is 3.77. The Labute approximate surface area is 113 Å². The van der Waals surface area contributed by atoms with Crippen LogP contribution in [0.5, 0.6) is 5.75 Å². The molecule has 0 aromatic heterocycles. The van der Waals surface area contributed by atoms with Crippen LogP contribution in [0.15, 0.2) is 52.7 Å². The largest absolute Gasteiger partial charge is 0.506 e. The standard InChI is InChI=1S/C13H9ClN2O3/c14-11-7-10(5-6-12(11)17)16-15-9-3-1-8(2-4-9)13(18)19/h1-7,17H,(H,18,19). The van der Waals surface area contributed by atoms with Crippen LogP contribution in [-0.2, 0) is 0 Å². The zero-order valence-electron chi connectivity index (χ0n) is 9.62. The highest BCUT2D eigenvalue weighted by atomic mass is 35.5. The van der Waals surface area contributed by atoms with Crippen molar-refractivity contribution in [2.75, 3.05) is 0 Å². The molecule has 96 valence electrons. The Morgan fingerprint density at radius 3 is 2.16 bits per heavy atom. The fraction of sp³-hybridized carbons (Fsp3) is 0. The minimum atomic E-state index is -0.992. The van der Waals surface area contributed by atoms with E-state index in [-0.39, 0.29) is 16.3 Å². The monoisotopic (exact) mass is 276 g/mol. The Morgan fingerprint density at radius 2 is 1.58 bits per heavy atom. The molecule has 0 fully saturated rings. The van der Waals surface area contributed by atoms with Crippen molar-refractivity contribution < 1.29 is 15.0 Å². The number of rotatable bonds is 3. The molecule has 0 aliphatic rings. The lowest BCUT2D eigenvalue weighted by atomic mass is 10.2. The van der Waals surface area contributed by atoms with Gasteiger partial charge in [0.15, 0.2) is 0 Å². The number of aromatic carboxylic acids is 1. The summed E-state index contributed by atoms with van der Waals surface area (Å²) in [5.74, 6) is -1.01. The van der Waals surface area contributed by atoms with Gasteiger partial charge in [-0.05, 0) is 42.5 Å². The summed E-state index contributed by atoms with van der Waals surface area (Å²) in [5, 5.41) is 26.1. The number of halogens is 1. The molecule has 0 bridgehead atoms. The smallest absolute Gasteiger partial charge is 0.335 e. The summed E-state index contributed by atoms with van der Waals surface area (Å²) in [5.41, 5.74) is 1.20. The van der Waals surface area contributed by atoms with E-state index in [1.807, 2.05) is 0 Å². The van der Waals surface area contributed by atoms with Gasteiger partial charge in [0.1, 0.15) is 5.75 Å². The summed E-state index contributed by atoms with van der Waals surface area (Å²) < 4.78 is 0.